The Labute approximate surface area is 88.2 Å². The number of allylic oxidation sites excluding steroid dienone is 5. The number of benzene rings is 1. The molecule has 0 unspecified atom stereocenters. The van der Waals surface area contributed by atoms with Crippen LogP contribution in [0.2, 0.25) is 0 Å². The molecule has 0 aromatic heterocycles. The summed E-state index contributed by atoms with van der Waals surface area (Å²) in [5.74, 6) is 0.348. The van der Waals surface area contributed by atoms with Gasteiger partial charge in [0, 0.05) is 23.4 Å². The second-order valence-corrected chi connectivity index (χ2v) is 3.77. The average molecular weight is 197 g/mol. The van der Waals surface area contributed by atoms with Gasteiger partial charge in [-0.05, 0) is 23.8 Å². The van der Waals surface area contributed by atoms with E-state index in [0.29, 0.717) is 5.75 Å². The number of fused-ring (bicyclic) bond motifs is 4. The summed E-state index contributed by atoms with van der Waals surface area (Å²) in [7, 11) is 0. The maximum Gasteiger partial charge on any atom is 0.125 e. The molecule has 0 amide bonds. The molecular weight excluding hydrogens is 186 g/mol. The van der Waals surface area contributed by atoms with Gasteiger partial charge in [-0.15, -0.1) is 0 Å². The van der Waals surface area contributed by atoms with E-state index in [2.05, 4.69) is 17.5 Å². The molecule has 74 valence electrons. The maximum atomic E-state index is 9.84. The molecule has 0 radical (unpaired) electrons. The van der Waals surface area contributed by atoms with Gasteiger partial charge in [-0.25, -0.2) is 0 Å². The van der Waals surface area contributed by atoms with Crippen LogP contribution in [-0.4, -0.2) is 5.11 Å². The first kappa shape index (κ1) is 8.36. The number of aromatic hydroxyl groups is 1. The van der Waals surface area contributed by atoms with Gasteiger partial charge in [0.1, 0.15) is 5.75 Å². The first-order chi connectivity index (χ1) is 7.34. The highest BCUT2D eigenvalue weighted by atomic mass is 16.3. The summed E-state index contributed by atoms with van der Waals surface area (Å²) in [6.07, 6.45) is 9.00. The van der Waals surface area contributed by atoms with Gasteiger partial charge < -0.3 is 10.4 Å². The van der Waals surface area contributed by atoms with E-state index in [1.165, 1.54) is 11.3 Å². The number of rotatable bonds is 0. The van der Waals surface area contributed by atoms with E-state index in [-0.39, 0.29) is 0 Å². The molecule has 2 aliphatic rings. The Morgan fingerprint density at radius 2 is 2.00 bits per heavy atom. The van der Waals surface area contributed by atoms with Crippen molar-refractivity contribution in [2.45, 2.75) is 6.42 Å². The molecule has 1 aliphatic heterocycles. The first-order valence-electron chi connectivity index (χ1n) is 5.00. The van der Waals surface area contributed by atoms with Crippen LogP contribution >= 0.6 is 0 Å². The van der Waals surface area contributed by atoms with Gasteiger partial charge in [0.05, 0.1) is 0 Å². The molecule has 1 aromatic rings. The standard InChI is InChI=1S/C13H11NO/c15-12-7-3-6-11-13(12)9-4-1-2-5-10(8-9)14-11/h1-7,14-15H,8H2. The van der Waals surface area contributed by atoms with Crippen LogP contribution < -0.4 is 5.32 Å². The van der Waals surface area contributed by atoms with Gasteiger partial charge in [0.2, 0.25) is 0 Å². The lowest BCUT2D eigenvalue weighted by Gasteiger charge is -2.23. The number of nitrogens with one attached hydrogen (secondary N) is 1. The number of phenolic OH excluding ortho intramolecular Hbond substituents is 1. The largest absolute Gasteiger partial charge is 0.507 e. The maximum absolute atomic E-state index is 9.84. The molecule has 15 heavy (non-hydrogen) atoms. The molecule has 1 heterocycles. The fourth-order valence-electron chi connectivity index (χ4n) is 2.08. The summed E-state index contributed by atoms with van der Waals surface area (Å²) in [5, 5.41) is 13.2. The Balaban J connectivity index is 2.28. The van der Waals surface area contributed by atoms with E-state index >= 15 is 0 Å². The number of phenols is 1. The first-order valence-corrected chi connectivity index (χ1v) is 5.00. The Morgan fingerprint density at radius 1 is 1.13 bits per heavy atom. The summed E-state index contributed by atoms with van der Waals surface area (Å²) in [6, 6.07) is 5.57. The van der Waals surface area contributed by atoms with E-state index in [0.717, 1.165) is 17.7 Å². The van der Waals surface area contributed by atoms with Crippen molar-refractivity contribution in [3.63, 3.8) is 0 Å². The van der Waals surface area contributed by atoms with Crippen molar-refractivity contribution in [3.8, 4) is 5.75 Å². The normalized spacial score (nSPS) is 17.1. The summed E-state index contributed by atoms with van der Waals surface area (Å²) >= 11 is 0. The summed E-state index contributed by atoms with van der Waals surface area (Å²) < 4.78 is 0. The van der Waals surface area contributed by atoms with Gasteiger partial charge in [-0.3, -0.25) is 0 Å². The summed E-state index contributed by atoms with van der Waals surface area (Å²) in [5.41, 5.74) is 4.26. The molecule has 0 fully saturated rings. The van der Waals surface area contributed by atoms with Crippen LogP contribution in [0.4, 0.5) is 5.69 Å². The monoisotopic (exact) mass is 197 g/mol. The second kappa shape index (κ2) is 3.02. The van der Waals surface area contributed by atoms with Crippen molar-refractivity contribution in [1.29, 1.82) is 0 Å². The van der Waals surface area contributed by atoms with E-state index < -0.39 is 0 Å². The molecule has 0 spiro atoms. The predicted molar refractivity (Wildman–Crippen MR) is 61.5 cm³/mol. The highest BCUT2D eigenvalue weighted by Crippen LogP contribution is 2.40. The summed E-state index contributed by atoms with van der Waals surface area (Å²) in [4.78, 5) is 0. The molecule has 2 heteroatoms. The lowest BCUT2D eigenvalue weighted by atomic mass is 9.94. The molecule has 2 nitrogen and oxygen atoms in total. The number of hydrogen-bond acceptors (Lipinski definition) is 2. The zero-order valence-corrected chi connectivity index (χ0v) is 8.20. The summed E-state index contributed by atoms with van der Waals surface area (Å²) in [6.45, 7) is 0. The Kier molecular flexibility index (Phi) is 1.68. The topological polar surface area (TPSA) is 32.3 Å². The third kappa shape index (κ3) is 1.26. The van der Waals surface area contributed by atoms with Crippen molar-refractivity contribution in [2.75, 3.05) is 5.32 Å². The fraction of sp³-hybridized carbons (Fsp3) is 0.0769. The molecule has 0 saturated heterocycles. The minimum Gasteiger partial charge on any atom is -0.507 e. The number of anilines is 1. The average Bonchev–Trinajstić information content (AvgIpc) is 2.41. The van der Waals surface area contributed by atoms with Crippen molar-refractivity contribution in [1.82, 2.24) is 0 Å². The highest BCUT2D eigenvalue weighted by molar-refractivity contribution is 5.86. The highest BCUT2D eigenvalue weighted by Gasteiger charge is 2.19. The second-order valence-electron chi connectivity index (χ2n) is 3.77. The Bertz CT molecular complexity index is 509. The quantitative estimate of drug-likeness (QED) is 0.670. The fourth-order valence-corrected chi connectivity index (χ4v) is 2.08. The molecule has 2 bridgehead atoms. The van der Waals surface area contributed by atoms with Crippen molar-refractivity contribution < 1.29 is 5.11 Å². The van der Waals surface area contributed by atoms with Gasteiger partial charge in [-0.2, -0.15) is 0 Å². The minimum absolute atomic E-state index is 0.348. The Hall–Kier alpha value is -1.96. The molecule has 0 saturated carbocycles. The van der Waals surface area contributed by atoms with Gasteiger partial charge >= 0.3 is 0 Å². The van der Waals surface area contributed by atoms with E-state index in [9.17, 15) is 5.11 Å². The molecule has 2 N–H and O–H groups in total. The lowest BCUT2D eigenvalue weighted by Crippen LogP contribution is -2.08. The van der Waals surface area contributed by atoms with Crippen LogP contribution in [0, 0.1) is 0 Å². The van der Waals surface area contributed by atoms with Crippen LogP contribution in [0.5, 0.6) is 5.75 Å². The van der Waals surface area contributed by atoms with Crippen LogP contribution in [0.1, 0.15) is 12.0 Å². The zero-order valence-electron chi connectivity index (χ0n) is 8.20. The lowest BCUT2D eigenvalue weighted by molar-refractivity contribution is 0.473. The molecule has 0 atom stereocenters. The van der Waals surface area contributed by atoms with E-state index in [1.807, 2.05) is 24.3 Å². The van der Waals surface area contributed by atoms with Crippen molar-refractivity contribution in [2.24, 2.45) is 0 Å². The molecular formula is C13H11NO. The van der Waals surface area contributed by atoms with Crippen molar-refractivity contribution in [3.05, 3.63) is 53.8 Å². The predicted octanol–water partition coefficient (Wildman–Crippen LogP) is 3.04. The Morgan fingerprint density at radius 3 is 2.93 bits per heavy atom. The van der Waals surface area contributed by atoms with E-state index in [4.69, 9.17) is 0 Å². The van der Waals surface area contributed by atoms with Crippen LogP contribution in [0.3, 0.4) is 0 Å². The molecule has 1 aromatic carbocycles. The third-order valence-electron chi connectivity index (χ3n) is 2.75. The van der Waals surface area contributed by atoms with Crippen LogP contribution in [0.15, 0.2) is 48.2 Å². The van der Waals surface area contributed by atoms with Crippen LogP contribution in [-0.2, 0) is 0 Å². The zero-order chi connectivity index (χ0) is 10.3. The van der Waals surface area contributed by atoms with Crippen LogP contribution in [0.25, 0.3) is 5.57 Å². The van der Waals surface area contributed by atoms with Crippen molar-refractivity contribution >= 4 is 11.3 Å². The minimum atomic E-state index is 0.348. The van der Waals surface area contributed by atoms with E-state index in [1.54, 1.807) is 6.07 Å². The SMILES string of the molecule is Oc1cccc2c1C1=CC=CC=C(C1)N2. The third-order valence-corrected chi connectivity index (χ3v) is 2.75. The molecule has 3 rings (SSSR count). The van der Waals surface area contributed by atoms with Gasteiger partial charge in [0.15, 0.2) is 0 Å². The smallest absolute Gasteiger partial charge is 0.125 e. The molecule has 1 aliphatic carbocycles. The van der Waals surface area contributed by atoms with Gasteiger partial charge in [0.25, 0.3) is 0 Å². The van der Waals surface area contributed by atoms with Gasteiger partial charge in [-0.1, -0.05) is 24.3 Å². The number of hydrogen-bond donors (Lipinski definition) is 2.